The molecule has 0 radical (unpaired) electrons. The minimum atomic E-state index is -3.59. The molecule has 1 unspecified atom stereocenters. The number of carbonyl (C=O) groups excluding carboxylic acids is 1. The Morgan fingerprint density at radius 2 is 1.64 bits per heavy atom. The molecule has 1 atom stereocenters. The van der Waals surface area contributed by atoms with Crippen LogP contribution in [0.5, 0.6) is 11.5 Å². The van der Waals surface area contributed by atoms with Crippen molar-refractivity contribution in [1.29, 1.82) is 0 Å². The zero-order valence-electron chi connectivity index (χ0n) is 16.3. The summed E-state index contributed by atoms with van der Waals surface area (Å²) in [5, 5.41) is 2.90. The maximum absolute atomic E-state index is 13.0. The molecule has 28 heavy (non-hydrogen) atoms. The molecule has 0 aromatic heterocycles. The third-order valence-electron chi connectivity index (χ3n) is 4.30. The number of hydrogen-bond acceptors (Lipinski definition) is 5. The number of benzene rings is 2. The largest absolute Gasteiger partial charge is 0.493 e. The second-order valence-electron chi connectivity index (χ2n) is 6.20. The van der Waals surface area contributed by atoms with Crippen LogP contribution in [-0.4, -0.2) is 41.8 Å². The number of rotatable bonds is 7. The van der Waals surface area contributed by atoms with Crippen molar-refractivity contribution in [2.75, 3.05) is 31.8 Å². The fourth-order valence-corrected chi connectivity index (χ4v) is 3.37. The standard InChI is InChI=1S/C19H23BrN2O5S/c1-12(13-6-8-14(20)9-7-13)21-19(23)15-10-17(26-3)18(27-4)11-16(15)22(2)28(5,24)25/h6-12H,1-5H3,(H,21,23). The maximum atomic E-state index is 13.0. The van der Waals surface area contributed by atoms with E-state index in [1.165, 1.54) is 33.4 Å². The predicted molar refractivity (Wildman–Crippen MR) is 113 cm³/mol. The number of methoxy groups -OCH3 is 2. The Morgan fingerprint density at radius 1 is 1.11 bits per heavy atom. The van der Waals surface area contributed by atoms with E-state index in [-0.39, 0.29) is 17.3 Å². The molecule has 0 heterocycles. The van der Waals surface area contributed by atoms with Gasteiger partial charge in [0, 0.05) is 17.6 Å². The average molecular weight is 471 g/mol. The molecule has 2 aromatic carbocycles. The molecule has 2 rings (SSSR count). The van der Waals surface area contributed by atoms with Gasteiger partial charge < -0.3 is 14.8 Å². The van der Waals surface area contributed by atoms with Crippen molar-refractivity contribution in [2.24, 2.45) is 0 Å². The first-order valence-electron chi connectivity index (χ1n) is 8.34. The van der Waals surface area contributed by atoms with Crippen LogP contribution < -0.4 is 19.1 Å². The molecule has 0 aliphatic heterocycles. The summed E-state index contributed by atoms with van der Waals surface area (Å²) in [6.45, 7) is 1.85. The Balaban J connectivity index is 2.46. The average Bonchev–Trinajstić information content (AvgIpc) is 2.65. The van der Waals surface area contributed by atoms with Crippen LogP contribution in [-0.2, 0) is 10.0 Å². The van der Waals surface area contributed by atoms with Gasteiger partial charge in [-0.1, -0.05) is 28.1 Å². The van der Waals surface area contributed by atoms with Crippen molar-refractivity contribution >= 4 is 37.5 Å². The quantitative estimate of drug-likeness (QED) is 0.670. The Labute approximate surface area is 173 Å². The lowest BCUT2D eigenvalue weighted by Crippen LogP contribution is -2.31. The van der Waals surface area contributed by atoms with E-state index in [0.717, 1.165) is 20.6 Å². The zero-order chi connectivity index (χ0) is 21.1. The van der Waals surface area contributed by atoms with Gasteiger partial charge in [0.15, 0.2) is 11.5 Å². The summed E-state index contributed by atoms with van der Waals surface area (Å²) in [6.07, 6.45) is 1.07. The highest BCUT2D eigenvalue weighted by atomic mass is 79.9. The number of nitrogens with zero attached hydrogens (tertiary/aromatic N) is 1. The summed E-state index contributed by atoms with van der Waals surface area (Å²) in [4.78, 5) is 13.0. The first-order valence-corrected chi connectivity index (χ1v) is 11.0. The molecule has 9 heteroatoms. The lowest BCUT2D eigenvalue weighted by Gasteiger charge is -2.23. The molecular formula is C19H23BrN2O5S. The van der Waals surface area contributed by atoms with Gasteiger partial charge >= 0.3 is 0 Å². The van der Waals surface area contributed by atoms with Gasteiger partial charge in [-0.05, 0) is 30.7 Å². The van der Waals surface area contributed by atoms with Gasteiger partial charge in [0.25, 0.3) is 5.91 Å². The first kappa shape index (κ1) is 22.0. The van der Waals surface area contributed by atoms with Crippen molar-refractivity contribution in [3.63, 3.8) is 0 Å². The molecule has 0 aliphatic carbocycles. The number of halogens is 1. The Hall–Kier alpha value is -2.26. The predicted octanol–water partition coefficient (Wildman–Crippen LogP) is 3.35. The van der Waals surface area contributed by atoms with Crippen LogP contribution in [0.15, 0.2) is 40.9 Å². The zero-order valence-corrected chi connectivity index (χ0v) is 18.7. The van der Waals surface area contributed by atoms with Gasteiger partial charge in [0.2, 0.25) is 10.0 Å². The number of amides is 1. The van der Waals surface area contributed by atoms with Crippen molar-refractivity contribution in [3.05, 3.63) is 52.0 Å². The van der Waals surface area contributed by atoms with Gasteiger partial charge in [0.05, 0.1) is 37.8 Å². The van der Waals surface area contributed by atoms with Gasteiger partial charge in [-0.3, -0.25) is 9.10 Å². The summed E-state index contributed by atoms with van der Waals surface area (Å²) in [7, 11) is 0.681. The van der Waals surface area contributed by atoms with Crippen LogP contribution in [0.25, 0.3) is 0 Å². The van der Waals surface area contributed by atoms with Crippen LogP contribution >= 0.6 is 15.9 Å². The number of anilines is 1. The van der Waals surface area contributed by atoms with E-state index in [4.69, 9.17) is 9.47 Å². The Kier molecular flexibility index (Phi) is 6.95. The number of carbonyl (C=O) groups is 1. The topological polar surface area (TPSA) is 84.9 Å². The van der Waals surface area contributed by atoms with E-state index in [1.807, 2.05) is 31.2 Å². The Morgan fingerprint density at radius 3 is 2.14 bits per heavy atom. The van der Waals surface area contributed by atoms with Gasteiger partial charge in [-0.25, -0.2) is 8.42 Å². The molecule has 1 amide bonds. The highest BCUT2D eigenvalue weighted by Gasteiger charge is 2.24. The van der Waals surface area contributed by atoms with Crippen molar-refractivity contribution in [3.8, 4) is 11.5 Å². The molecule has 0 spiro atoms. The summed E-state index contributed by atoms with van der Waals surface area (Å²) < 4.78 is 36.6. The van der Waals surface area contributed by atoms with Gasteiger partial charge in [-0.15, -0.1) is 0 Å². The molecule has 0 bridgehead atoms. The second kappa shape index (κ2) is 8.83. The molecule has 0 saturated heterocycles. The van der Waals surface area contributed by atoms with Crippen molar-refractivity contribution in [2.45, 2.75) is 13.0 Å². The smallest absolute Gasteiger partial charge is 0.254 e. The fraction of sp³-hybridized carbons (Fsp3) is 0.316. The van der Waals surface area contributed by atoms with Crippen LogP contribution in [0.2, 0.25) is 0 Å². The van der Waals surface area contributed by atoms with E-state index >= 15 is 0 Å². The summed E-state index contributed by atoms with van der Waals surface area (Å²) in [6, 6.07) is 10.2. The molecule has 152 valence electrons. The fourth-order valence-electron chi connectivity index (χ4n) is 2.60. The molecule has 0 fully saturated rings. The molecular weight excluding hydrogens is 448 g/mol. The van der Waals surface area contributed by atoms with Crippen LogP contribution in [0.4, 0.5) is 5.69 Å². The molecule has 0 saturated carbocycles. The Bertz CT molecular complexity index is 961. The number of ether oxygens (including phenoxy) is 2. The number of sulfonamides is 1. The van der Waals surface area contributed by atoms with Crippen LogP contribution in [0.1, 0.15) is 28.9 Å². The normalized spacial score (nSPS) is 12.2. The molecule has 7 nitrogen and oxygen atoms in total. The molecule has 1 N–H and O–H groups in total. The lowest BCUT2D eigenvalue weighted by molar-refractivity contribution is 0.0940. The number of hydrogen-bond donors (Lipinski definition) is 1. The summed E-state index contributed by atoms with van der Waals surface area (Å²) >= 11 is 3.38. The van der Waals surface area contributed by atoms with Gasteiger partial charge in [-0.2, -0.15) is 0 Å². The van der Waals surface area contributed by atoms with E-state index in [9.17, 15) is 13.2 Å². The second-order valence-corrected chi connectivity index (χ2v) is 9.13. The highest BCUT2D eigenvalue weighted by Crippen LogP contribution is 2.36. The third-order valence-corrected chi connectivity index (χ3v) is 6.02. The summed E-state index contributed by atoms with van der Waals surface area (Å²) in [5.74, 6) is 0.224. The minimum absolute atomic E-state index is 0.162. The van der Waals surface area contributed by atoms with Crippen molar-refractivity contribution < 1.29 is 22.7 Å². The molecule has 2 aromatic rings. The van der Waals surface area contributed by atoms with Crippen LogP contribution in [0.3, 0.4) is 0 Å². The van der Waals surface area contributed by atoms with E-state index < -0.39 is 15.9 Å². The summed E-state index contributed by atoms with van der Waals surface area (Å²) in [5.41, 5.74) is 1.27. The lowest BCUT2D eigenvalue weighted by atomic mass is 10.1. The SMILES string of the molecule is COc1cc(C(=O)NC(C)c2ccc(Br)cc2)c(N(C)S(C)(=O)=O)cc1OC. The molecule has 0 aliphatic rings. The first-order chi connectivity index (χ1) is 13.1. The minimum Gasteiger partial charge on any atom is -0.493 e. The third kappa shape index (κ3) is 4.96. The van der Waals surface area contributed by atoms with E-state index in [0.29, 0.717) is 11.5 Å². The van der Waals surface area contributed by atoms with Gasteiger partial charge in [0.1, 0.15) is 0 Å². The van der Waals surface area contributed by atoms with Crippen LogP contribution in [0, 0.1) is 0 Å². The van der Waals surface area contributed by atoms with E-state index in [2.05, 4.69) is 21.2 Å². The highest BCUT2D eigenvalue weighted by molar-refractivity contribution is 9.10. The van der Waals surface area contributed by atoms with Crippen molar-refractivity contribution in [1.82, 2.24) is 5.32 Å². The maximum Gasteiger partial charge on any atom is 0.254 e. The van der Waals surface area contributed by atoms with E-state index in [1.54, 1.807) is 0 Å². The monoisotopic (exact) mass is 470 g/mol. The number of nitrogens with one attached hydrogen (secondary N) is 1.